The van der Waals surface area contributed by atoms with Crippen LogP contribution in [0.5, 0.6) is 0 Å². The van der Waals surface area contributed by atoms with E-state index in [1.165, 1.54) is 0 Å². The van der Waals surface area contributed by atoms with Gasteiger partial charge in [0.2, 0.25) is 17.7 Å². The highest BCUT2D eigenvalue weighted by molar-refractivity contribution is 6.00. The van der Waals surface area contributed by atoms with E-state index in [1.807, 2.05) is 19.1 Å². The second-order valence-corrected chi connectivity index (χ2v) is 9.63. The van der Waals surface area contributed by atoms with E-state index in [0.717, 1.165) is 38.5 Å². The molecule has 164 valence electrons. The molecule has 2 bridgehead atoms. The van der Waals surface area contributed by atoms with Gasteiger partial charge in [0.05, 0.1) is 24.0 Å². The van der Waals surface area contributed by atoms with E-state index in [2.05, 4.69) is 10.6 Å². The lowest BCUT2D eigenvalue weighted by atomic mass is 9.70. The number of carbonyl (C=O) groups is 3. The van der Waals surface area contributed by atoms with E-state index in [1.54, 1.807) is 12.0 Å². The largest absolute Gasteiger partial charge is 0.383 e. The minimum absolute atomic E-state index is 0.138. The van der Waals surface area contributed by atoms with E-state index in [-0.39, 0.29) is 29.8 Å². The Labute approximate surface area is 176 Å². The summed E-state index contributed by atoms with van der Waals surface area (Å²) in [4.78, 5) is 41.7. The predicted molar refractivity (Wildman–Crippen MR) is 107 cm³/mol. The molecule has 8 nitrogen and oxygen atoms in total. The molecule has 30 heavy (non-hydrogen) atoms. The van der Waals surface area contributed by atoms with E-state index in [0.29, 0.717) is 13.2 Å². The van der Waals surface area contributed by atoms with Crippen molar-refractivity contribution < 1.29 is 23.9 Å². The van der Waals surface area contributed by atoms with Crippen LogP contribution in [0.25, 0.3) is 0 Å². The first-order chi connectivity index (χ1) is 14.4. The highest BCUT2D eigenvalue weighted by Gasteiger charge is 2.76. The Kier molecular flexibility index (Phi) is 4.70. The standard InChI is InChI=1S/C22H31N3O5/c1-21-9-10-22(30-21)16(15(21)18(26)23-14-7-8-14)20(28)25(11-12-29-2)17(22)19(27)24-13-5-3-4-6-13/h9-10,13-17H,3-8,11-12H2,1-2H3,(H,23,26)(H,24,27). The summed E-state index contributed by atoms with van der Waals surface area (Å²) in [6.07, 6.45) is 9.82. The van der Waals surface area contributed by atoms with Gasteiger partial charge in [0.25, 0.3) is 0 Å². The number of rotatable bonds is 7. The van der Waals surface area contributed by atoms with Gasteiger partial charge in [-0.1, -0.05) is 25.0 Å². The number of fused-ring (bicyclic) bond motifs is 1. The maximum atomic E-state index is 13.6. The van der Waals surface area contributed by atoms with Gasteiger partial charge in [-0.3, -0.25) is 14.4 Å². The molecule has 3 amide bonds. The summed E-state index contributed by atoms with van der Waals surface area (Å²) in [5.74, 6) is -1.85. The van der Waals surface area contributed by atoms with Crippen molar-refractivity contribution in [2.75, 3.05) is 20.3 Å². The molecule has 5 aliphatic rings. The Balaban J connectivity index is 1.48. The fourth-order valence-electron chi connectivity index (χ4n) is 5.93. The maximum Gasteiger partial charge on any atom is 0.246 e. The lowest BCUT2D eigenvalue weighted by Gasteiger charge is -2.33. The Morgan fingerprint density at radius 2 is 1.80 bits per heavy atom. The van der Waals surface area contributed by atoms with Gasteiger partial charge < -0.3 is 25.0 Å². The SMILES string of the molecule is COCCN1C(=O)C2C(C(=O)NC3CC3)C3(C)C=CC2(O3)C1C(=O)NC1CCCC1. The third kappa shape index (κ3) is 2.91. The molecule has 4 fully saturated rings. The molecule has 5 unspecified atom stereocenters. The molecule has 0 radical (unpaired) electrons. The average molecular weight is 418 g/mol. The van der Waals surface area contributed by atoms with Crippen LogP contribution in [-0.4, -0.2) is 72.2 Å². The summed E-state index contributed by atoms with van der Waals surface area (Å²) < 4.78 is 11.7. The second kappa shape index (κ2) is 7.05. The molecule has 1 spiro atoms. The Hall–Kier alpha value is -1.93. The number of nitrogens with zero attached hydrogens (tertiary/aromatic N) is 1. The summed E-state index contributed by atoms with van der Waals surface area (Å²) in [5, 5.41) is 6.20. The Bertz CT molecular complexity index is 790. The van der Waals surface area contributed by atoms with Gasteiger partial charge in [-0.25, -0.2) is 0 Å². The van der Waals surface area contributed by atoms with Gasteiger partial charge in [-0.2, -0.15) is 0 Å². The van der Waals surface area contributed by atoms with Gasteiger partial charge in [-0.05, 0) is 32.6 Å². The first-order valence-corrected chi connectivity index (χ1v) is 11.2. The molecule has 2 saturated heterocycles. The summed E-state index contributed by atoms with van der Waals surface area (Å²) in [6, 6.07) is -0.454. The lowest BCUT2D eigenvalue weighted by Crippen LogP contribution is -2.56. The molecule has 3 aliphatic heterocycles. The third-order valence-electron chi connectivity index (χ3n) is 7.49. The summed E-state index contributed by atoms with van der Waals surface area (Å²) >= 11 is 0. The molecule has 2 saturated carbocycles. The smallest absolute Gasteiger partial charge is 0.246 e. The number of ether oxygens (including phenoxy) is 2. The average Bonchev–Trinajstić information content (AvgIpc) is 3.06. The first kappa shape index (κ1) is 20.0. The van der Waals surface area contributed by atoms with Gasteiger partial charge in [0.1, 0.15) is 11.6 Å². The molecule has 0 aromatic carbocycles. The van der Waals surface area contributed by atoms with Gasteiger partial charge >= 0.3 is 0 Å². The summed E-state index contributed by atoms with van der Waals surface area (Å²) in [7, 11) is 1.57. The van der Waals surface area contributed by atoms with E-state index in [4.69, 9.17) is 9.47 Å². The van der Waals surface area contributed by atoms with Crippen LogP contribution in [0.3, 0.4) is 0 Å². The molecule has 0 aromatic heterocycles. The minimum atomic E-state index is -1.10. The van der Waals surface area contributed by atoms with Gasteiger partial charge in [0.15, 0.2) is 0 Å². The molecular formula is C22H31N3O5. The van der Waals surface area contributed by atoms with Crippen molar-refractivity contribution in [2.45, 2.75) is 74.8 Å². The highest BCUT2D eigenvalue weighted by Crippen LogP contribution is 2.59. The van der Waals surface area contributed by atoms with Crippen molar-refractivity contribution in [1.29, 1.82) is 0 Å². The maximum absolute atomic E-state index is 13.6. The van der Waals surface area contributed by atoms with Crippen molar-refractivity contribution >= 4 is 17.7 Å². The molecule has 2 N–H and O–H groups in total. The molecule has 3 heterocycles. The number of likely N-dealkylation sites (tertiary alicyclic amines) is 1. The number of methoxy groups -OCH3 is 1. The van der Waals surface area contributed by atoms with Gasteiger partial charge in [0, 0.05) is 25.7 Å². The molecule has 0 aromatic rings. The fourth-order valence-corrected chi connectivity index (χ4v) is 5.93. The quantitative estimate of drug-likeness (QED) is 0.589. The molecular weight excluding hydrogens is 386 g/mol. The first-order valence-electron chi connectivity index (χ1n) is 11.2. The minimum Gasteiger partial charge on any atom is -0.383 e. The number of hydrogen-bond acceptors (Lipinski definition) is 5. The van der Waals surface area contributed by atoms with Crippen LogP contribution in [0.15, 0.2) is 12.2 Å². The zero-order valence-corrected chi connectivity index (χ0v) is 17.7. The number of carbonyl (C=O) groups excluding carboxylic acids is 3. The fraction of sp³-hybridized carbons (Fsp3) is 0.773. The zero-order valence-electron chi connectivity index (χ0n) is 17.7. The third-order valence-corrected chi connectivity index (χ3v) is 7.49. The van der Waals surface area contributed by atoms with Crippen LogP contribution in [0.4, 0.5) is 0 Å². The molecule has 5 atom stereocenters. The van der Waals surface area contributed by atoms with Crippen molar-refractivity contribution in [2.24, 2.45) is 11.8 Å². The van der Waals surface area contributed by atoms with Crippen LogP contribution in [0, 0.1) is 11.8 Å². The van der Waals surface area contributed by atoms with Crippen LogP contribution in [0.1, 0.15) is 45.4 Å². The van der Waals surface area contributed by atoms with Crippen molar-refractivity contribution in [3.05, 3.63) is 12.2 Å². The lowest BCUT2D eigenvalue weighted by molar-refractivity contribution is -0.145. The Morgan fingerprint density at radius 1 is 1.13 bits per heavy atom. The van der Waals surface area contributed by atoms with E-state index < -0.39 is 29.1 Å². The molecule has 8 heteroatoms. The number of amides is 3. The Morgan fingerprint density at radius 3 is 2.47 bits per heavy atom. The molecule has 2 aliphatic carbocycles. The summed E-state index contributed by atoms with van der Waals surface area (Å²) in [5.41, 5.74) is -1.98. The van der Waals surface area contributed by atoms with Crippen LogP contribution >= 0.6 is 0 Å². The van der Waals surface area contributed by atoms with Crippen LogP contribution in [-0.2, 0) is 23.9 Å². The van der Waals surface area contributed by atoms with Crippen molar-refractivity contribution in [3.63, 3.8) is 0 Å². The van der Waals surface area contributed by atoms with E-state index in [9.17, 15) is 14.4 Å². The van der Waals surface area contributed by atoms with Crippen LogP contribution in [0.2, 0.25) is 0 Å². The topological polar surface area (TPSA) is 97.0 Å². The monoisotopic (exact) mass is 417 g/mol. The number of hydrogen-bond donors (Lipinski definition) is 2. The zero-order chi connectivity index (χ0) is 21.1. The van der Waals surface area contributed by atoms with Gasteiger partial charge in [-0.15, -0.1) is 0 Å². The normalized spacial score (nSPS) is 39.6. The predicted octanol–water partition coefficient (Wildman–Crippen LogP) is 0.511. The summed E-state index contributed by atoms with van der Waals surface area (Å²) in [6.45, 7) is 2.47. The number of nitrogens with one attached hydrogen (secondary N) is 2. The van der Waals surface area contributed by atoms with E-state index >= 15 is 0 Å². The second-order valence-electron chi connectivity index (χ2n) is 9.63. The molecule has 5 rings (SSSR count). The van der Waals surface area contributed by atoms with Crippen LogP contribution < -0.4 is 10.6 Å². The van der Waals surface area contributed by atoms with Crippen molar-refractivity contribution in [3.8, 4) is 0 Å². The highest BCUT2D eigenvalue weighted by atomic mass is 16.5. The van der Waals surface area contributed by atoms with Crippen molar-refractivity contribution in [1.82, 2.24) is 15.5 Å².